The molecule has 0 fully saturated rings. The first kappa shape index (κ1) is 10.1. The third kappa shape index (κ3) is 3.72. The molecule has 1 atom stereocenters. The molecule has 0 aromatic carbocycles. The molecule has 0 unspecified atom stereocenters. The molecule has 0 radical (unpaired) electrons. The van der Waals surface area contributed by atoms with Gasteiger partial charge >= 0.3 is 0 Å². The average Bonchev–Trinajstić information content (AvgIpc) is 1.84. The summed E-state index contributed by atoms with van der Waals surface area (Å²) in [5, 5.41) is 2.46. The molecule has 0 aromatic rings. The van der Waals surface area contributed by atoms with Crippen molar-refractivity contribution in [3.63, 3.8) is 0 Å². The predicted octanol–water partition coefficient (Wildman–Crippen LogP) is -0.573. The van der Waals surface area contributed by atoms with Crippen molar-refractivity contribution in [2.75, 3.05) is 0 Å². The van der Waals surface area contributed by atoms with E-state index in [1.807, 2.05) is 0 Å². The minimum Gasteiger partial charge on any atom is -0.347 e. The molecule has 0 aliphatic heterocycles. The number of hydrogen-bond acceptors (Lipinski definition) is 3. The number of Topliss-reactive ketones (excluding diaryl/α,β-unsaturated/α-hetero) is 1. The molecule has 0 aliphatic carbocycles. The zero-order valence-electron chi connectivity index (χ0n) is 7.05. The van der Waals surface area contributed by atoms with Crippen LogP contribution in [0.3, 0.4) is 0 Å². The Kier molecular flexibility index (Phi) is 3.74. The van der Waals surface area contributed by atoms with Gasteiger partial charge in [0.1, 0.15) is 0 Å². The highest BCUT2D eigenvalue weighted by molar-refractivity contribution is 6.38. The molecule has 4 nitrogen and oxygen atoms in total. The molecular weight excluding hydrogens is 144 g/mol. The molecule has 0 spiro atoms. The second-order valence-electron chi connectivity index (χ2n) is 2.78. The van der Waals surface area contributed by atoms with E-state index in [0.717, 1.165) is 0 Å². The molecule has 0 heterocycles. The van der Waals surface area contributed by atoms with Crippen molar-refractivity contribution in [3.05, 3.63) is 0 Å². The van der Waals surface area contributed by atoms with Gasteiger partial charge in [0.15, 0.2) is 0 Å². The van der Waals surface area contributed by atoms with Crippen LogP contribution >= 0.6 is 0 Å². The number of hydrogen-bond donors (Lipinski definition) is 2. The van der Waals surface area contributed by atoms with Crippen LogP contribution in [-0.4, -0.2) is 23.8 Å². The molecule has 3 N–H and O–H groups in total. The number of nitrogens with two attached hydrogens (primary N) is 1. The van der Waals surface area contributed by atoms with Gasteiger partial charge < -0.3 is 11.1 Å². The summed E-state index contributed by atoms with van der Waals surface area (Å²) in [6.45, 7) is 5.06. The van der Waals surface area contributed by atoms with Crippen molar-refractivity contribution in [2.45, 2.75) is 32.9 Å². The van der Waals surface area contributed by atoms with Crippen LogP contribution in [0.5, 0.6) is 0 Å². The topological polar surface area (TPSA) is 72.2 Å². The van der Waals surface area contributed by atoms with E-state index in [1.54, 1.807) is 13.8 Å². The van der Waals surface area contributed by atoms with Gasteiger partial charge in [0, 0.05) is 6.04 Å². The Labute approximate surface area is 66.1 Å². The smallest absolute Gasteiger partial charge is 0.289 e. The lowest BCUT2D eigenvalue weighted by Gasteiger charge is -2.08. The SMILES string of the molecule is CC(C)NC(=O)C(=O)[C@H](C)N. The molecule has 0 aromatic heterocycles. The van der Waals surface area contributed by atoms with E-state index < -0.39 is 17.7 Å². The molecule has 0 aliphatic rings. The fourth-order valence-electron chi connectivity index (χ4n) is 0.540. The summed E-state index contributed by atoms with van der Waals surface area (Å²) in [6.07, 6.45) is 0. The molecule has 4 heteroatoms. The van der Waals surface area contributed by atoms with Crippen molar-refractivity contribution in [1.29, 1.82) is 0 Å². The van der Waals surface area contributed by atoms with Crippen LogP contribution in [-0.2, 0) is 9.59 Å². The van der Waals surface area contributed by atoms with Gasteiger partial charge in [-0.25, -0.2) is 0 Å². The van der Waals surface area contributed by atoms with Gasteiger partial charge in [-0.2, -0.15) is 0 Å². The Hall–Kier alpha value is -0.900. The molecule has 0 bridgehead atoms. The number of ketones is 1. The average molecular weight is 158 g/mol. The lowest BCUT2D eigenvalue weighted by molar-refractivity contribution is -0.138. The van der Waals surface area contributed by atoms with Crippen LogP contribution < -0.4 is 11.1 Å². The van der Waals surface area contributed by atoms with Crippen molar-refractivity contribution in [2.24, 2.45) is 5.73 Å². The number of rotatable bonds is 3. The van der Waals surface area contributed by atoms with Crippen molar-refractivity contribution >= 4 is 11.7 Å². The maximum atomic E-state index is 10.9. The minimum absolute atomic E-state index is 0.0230. The Bertz CT molecular complexity index is 164. The summed E-state index contributed by atoms with van der Waals surface area (Å²) < 4.78 is 0. The second kappa shape index (κ2) is 4.08. The van der Waals surface area contributed by atoms with Gasteiger partial charge in [0.05, 0.1) is 6.04 Å². The first-order valence-corrected chi connectivity index (χ1v) is 3.55. The van der Waals surface area contributed by atoms with Gasteiger partial charge in [-0.1, -0.05) is 0 Å². The molecule has 0 saturated heterocycles. The standard InChI is InChI=1S/C7H14N2O2/c1-4(2)9-7(11)6(10)5(3)8/h4-5H,8H2,1-3H3,(H,9,11)/t5-/m0/s1. The van der Waals surface area contributed by atoms with Crippen LogP contribution in [0.1, 0.15) is 20.8 Å². The van der Waals surface area contributed by atoms with Crippen LogP contribution in [0.15, 0.2) is 0 Å². The van der Waals surface area contributed by atoms with E-state index in [9.17, 15) is 9.59 Å². The van der Waals surface area contributed by atoms with Gasteiger partial charge in [-0.05, 0) is 20.8 Å². The minimum atomic E-state index is -0.714. The molecule has 0 saturated carbocycles. The monoisotopic (exact) mass is 158 g/mol. The quantitative estimate of drug-likeness (QED) is 0.540. The van der Waals surface area contributed by atoms with E-state index >= 15 is 0 Å². The summed E-state index contributed by atoms with van der Waals surface area (Å²) in [5.74, 6) is -1.17. The summed E-state index contributed by atoms with van der Waals surface area (Å²) in [4.78, 5) is 21.7. The Morgan fingerprint density at radius 1 is 1.27 bits per heavy atom. The van der Waals surface area contributed by atoms with Crippen molar-refractivity contribution < 1.29 is 9.59 Å². The Balaban J connectivity index is 3.94. The number of carbonyl (C=O) groups is 2. The van der Waals surface area contributed by atoms with Gasteiger partial charge in [-0.3, -0.25) is 9.59 Å². The van der Waals surface area contributed by atoms with E-state index in [1.165, 1.54) is 6.92 Å². The normalized spacial score (nSPS) is 12.8. The third-order valence-corrected chi connectivity index (χ3v) is 1.06. The van der Waals surface area contributed by atoms with E-state index in [2.05, 4.69) is 5.32 Å². The van der Waals surface area contributed by atoms with Gasteiger partial charge in [0.2, 0.25) is 5.78 Å². The maximum Gasteiger partial charge on any atom is 0.289 e. The lowest BCUT2D eigenvalue weighted by Crippen LogP contribution is -2.43. The maximum absolute atomic E-state index is 10.9. The van der Waals surface area contributed by atoms with Crippen LogP contribution in [0.25, 0.3) is 0 Å². The molecule has 64 valence electrons. The molecule has 0 rings (SSSR count). The summed E-state index contributed by atoms with van der Waals surface area (Å²) in [5.41, 5.74) is 5.20. The predicted molar refractivity (Wildman–Crippen MR) is 41.9 cm³/mol. The summed E-state index contributed by atoms with van der Waals surface area (Å²) >= 11 is 0. The molecule has 1 amide bonds. The van der Waals surface area contributed by atoms with E-state index in [0.29, 0.717) is 0 Å². The first-order chi connectivity index (χ1) is 4.95. The third-order valence-electron chi connectivity index (χ3n) is 1.06. The van der Waals surface area contributed by atoms with E-state index in [4.69, 9.17) is 5.73 Å². The number of nitrogens with one attached hydrogen (secondary N) is 1. The zero-order chi connectivity index (χ0) is 9.02. The Morgan fingerprint density at radius 2 is 1.73 bits per heavy atom. The Morgan fingerprint density at radius 3 is 2.00 bits per heavy atom. The molecule has 11 heavy (non-hydrogen) atoms. The van der Waals surface area contributed by atoms with Crippen LogP contribution in [0.2, 0.25) is 0 Å². The zero-order valence-corrected chi connectivity index (χ0v) is 7.05. The molecular formula is C7H14N2O2. The highest BCUT2D eigenvalue weighted by atomic mass is 16.2. The van der Waals surface area contributed by atoms with Crippen LogP contribution in [0.4, 0.5) is 0 Å². The lowest BCUT2D eigenvalue weighted by atomic mass is 10.2. The van der Waals surface area contributed by atoms with Gasteiger partial charge in [-0.15, -0.1) is 0 Å². The van der Waals surface area contributed by atoms with Gasteiger partial charge in [0.25, 0.3) is 5.91 Å². The second-order valence-corrected chi connectivity index (χ2v) is 2.78. The number of amides is 1. The highest BCUT2D eigenvalue weighted by Gasteiger charge is 2.17. The van der Waals surface area contributed by atoms with Crippen LogP contribution in [0, 0.1) is 0 Å². The highest BCUT2D eigenvalue weighted by Crippen LogP contribution is 1.83. The fourth-order valence-corrected chi connectivity index (χ4v) is 0.540. The first-order valence-electron chi connectivity index (χ1n) is 3.55. The fraction of sp³-hybridized carbons (Fsp3) is 0.714. The summed E-state index contributed by atoms with van der Waals surface area (Å²) in [7, 11) is 0. The van der Waals surface area contributed by atoms with Crippen molar-refractivity contribution in [3.8, 4) is 0 Å². The summed E-state index contributed by atoms with van der Waals surface area (Å²) in [6, 6.07) is -0.737. The van der Waals surface area contributed by atoms with Crippen molar-refractivity contribution in [1.82, 2.24) is 5.32 Å². The largest absolute Gasteiger partial charge is 0.347 e. The van der Waals surface area contributed by atoms with E-state index in [-0.39, 0.29) is 6.04 Å². The number of carbonyl (C=O) groups excluding carboxylic acids is 2.